The van der Waals surface area contributed by atoms with Crippen molar-refractivity contribution in [2.24, 2.45) is 0 Å². The molecule has 1 aliphatic rings. The van der Waals surface area contributed by atoms with Gasteiger partial charge in [0, 0.05) is 37.6 Å². The molecule has 0 radical (unpaired) electrons. The topological polar surface area (TPSA) is 56.7 Å². The summed E-state index contributed by atoms with van der Waals surface area (Å²) in [6.45, 7) is 7.39. The number of hydrogen-bond donors (Lipinski definition) is 1. The maximum atomic E-state index is 12.0. The lowest BCUT2D eigenvalue weighted by Gasteiger charge is -2.41. The fourth-order valence-electron chi connectivity index (χ4n) is 4.09. The quantitative estimate of drug-likeness (QED) is 0.748. The highest BCUT2D eigenvalue weighted by Crippen LogP contribution is 2.30. The van der Waals surface area contributed by atoms with Crippen LogP contribution in [0.4, 0.5) is 5.82 Å². The summed E-state index contributed by atoms with van der Waals surface area (Å²) < 4.78 is 0. The molecule has 1 aliphatic heterocycles. The molecule has 1 fully saturated rings. The number of carboxylic acid groups (broad SMARTS) is 1. The van der Waals surface area contributed by atoms with Crippen molar-refractivity contribution in [1.82, 2.24) is 9.88 Å². The second-order valence-electron chi connectivity index (χ2n) is 7.51. The predicted molar refractivity (Wildman–Crippen MR) is 112 cm³/mol. The number of aromatic nitrogens is 1. The van der Waals surface area contributed by atoms with Crippen molar-refractivity contribution in [1.29, 1.82) is 0 Å². The van der Waals surface area contributed by atoms with Crippen molar-refractivity contribution < 1.29 is 9.90 Å². The number of anilines is 1. The Balaban J connectivity index is 1.62. The van der Waals surface area contributed by atoms with Crippen molar-refractivity contribution in [3.05, 3.63) is 71.3 Å². The first kappa shape index (κ1) is 18.4. The Kier molecular flexibility index (Phi) is 5.01. The van der Waals surface area contributed by atoms with Crippen LogP contribution >= 0.6 is 0 Å². The number of rotatable bonds is 4. The Hall–Kier alpha value is -2.92. The predicted octanol–water partition coefficient (Wildman–Crippen LogP) is 3.95. The minimum absolute atomic E-state index is 0.309. The molecular weight excluding hydrogens is 350 g/mol. The van der Waals surface area contributed by atoms with E-state index in [2.05, 4.69) is 41.0 Å². The van der Waals surface area contributed by atoms with Gasteiger partial charge in [-0.05, 0) is 31.0 Å². The van der Waals surface area contributed by atoms with Crippen LogP contribution < -0.4 is 4.90 Å². The summed E-state index contributed by atoms with van der Waals surface area (Å²) in [7, 11) is 0. The molecule has 0 bridgehead atoms. The molecule has 5 heteroatoms. The second kappa shape index (κ2) is 7.60. The molecule has 4 rings (SSSR count). The van der Waals surface area contributed by atoms with Gasteiger partial charge in [0.1, 0.15) is 11.4 Å². The van der Waals surface area contributed by atoms with Crippen molar-refractivity contribution in [3.8, 4) is 0 Å². The van der Waals surface area contributed by atoms with E-state index in [0.29, 0.717) is 17.4 Å². The molecule has 28 heavy (non-hydrogen) atoms. The largest absolute Gasteiger partial charge is 0.478 e. The van der Waals surface area contributed by atoms with Crippen LogP contribution in [0.5, 0.6) is 0 Å². The fraction of sp³-hybridized carbons (Fsp3) is 0.304. The molecule has 1 N–H and O–H groups in total. The van der Waals surface area contributed by atoms with Crippen molar-refractivity contribution >= 4 is 22.7 Å². The van der Waals surface area contributed by atoms with E-state index in [1.165, 1.54) is 5.56 Å². The van der Waals surface area contributed by atoms with E-state index in [0.717, 1.165) is 42.6 Å². The number of carboxylic acids is 1. The number of aryl methyl sites for hydroxylation is 1. The smallest absolute Gasteiger partial charge is 0.339 e. The van der Waals surface area contributed by atoms with Crippen LogP contribution in [0.2, 0.25) is 0 Å². The molecular formula is C23H25N3O2. The van der Waals surface area contributed by atoms with Crippen LogP contribution in [0.3, 0.4) is 0 Å². The summed E-state index contributed by atoms with van der Waals surface area (Å²) in [6, 6.07) is 18.5. The van der Waals surface area contributed by atoms with E-state index < -0.39 is 5.97 Å². The van der Waals surface area contributed by atoms with Gasteiger partial charge in [0.25, 0.3) is 0 Å². The van der Waals surface area contributed by atoms with Gasteiger partial charge < -0.3 is 10.0 Å². The average molecular weight is 375 g/mol. The minimum Gasteiger partial charge on any atom is -0.478 e. The van der Waals surface area contributed by atoms with Gasteiger partial charge in [0.15, 0.2) is 0 Å². The first-order chi connectivity index (χ1) is 13.5. The summed E-state index contributed by atoms with van der Waals surface area (Å²) in [6.07, 6.45) is 0. The molecule has 0 aliphatic carbocycles. The van der Waals surface area contributed by atoms with Gasteiger partial charge >= 0.3 is 5.97 Å². The standard InChI is InChI=1S/C23H25N3O2/c1-16-14-26(13-12-25(16)15-18-8-4-3-5-9-18)22-21(23(27)28)17(2)19-10-6-7-11-20(19)24-22/h3-11,16H,12-15H2,1-2H3,(H,27,28). The summed E-state index contributed by atoms with van der Waals surface area (Å²) in [5.41, 5.74) is 3.25. The second-order valence-corrected chi connectivity index (χ2v) is 7.51. The zero-order valence-corrected chi connectivity index (χ0v) is 16.3. The van der Waals surface area contributed by atoms with Crippen LogP contribution in [0.1, 0.15) is 28.4 Å². The lowest BCUT2D eigenvalue weighted by molar-refractivity contribution is 0.0696. The highest BCUT2D eigenvalue weighted by Gasteiger charge is 2.29. The third-order valence-corrected chi connectivity index (χ3v) is 5.64. The lowest BCUT2D eigenvalue weighted by Crippen LogP contribution is -2.52. The van der Waals surface area contributed by atoms with Gasteiger partial charge in [-0.15, -0.1) is 0 Å². The molecule has 0 spiro atoms. The molecule has 1 unspecified atom stereocenters. The van der Waals surface area contributed by atoms with Crippen molar-refractivity contribution in [2.45, 2.75) is 26.4 Å². The van der Waals surface area contributed by atoms with Gasteiger partial charge in [-0.25, -0.2) is 9.78 Å². The van der Waals surface area contributed by atoms with Crippen LogP contribution in [0.25, 0.3) is 10.9 Å². The molecule has 1 atom stereocenters. The van der Waals surface area contributed by atoms with E-state index in [9.17, 15) is 9.90 Å². The maximum absolute atomic E-state index is 12.0. The Morgan fingerprint density at radius 1 is 1.11 bits per heavy atom. The SMILES string of the molecule is Cc1c(C(=O)O)c(N2CCN(Cc3ccccc3)C(C)C2)nc2ccccc12. The normalized spacial score (nSPS) is 17.8. The number of nitrogens with zero attached hydrogens (tertiary/aromatic N) is 3. The lowest BCUT2D eigenvalue weighted by atomic mass is 10.0. The molecule has 3 aromatic rings. The first-order valence-electron chi connectivity index (χ1n) is 9.70. The fourth-order valence-corrected chi connectivity index (χ4v) is 4.09. The molecule has 0 amide bonds. The number of fused-ring (bicyclic) bond motifs is 1. The van der Waals surface area contributed by atoms with Gasteiger partial charge in [-0.3, -0.25) is 4.90 Å². The van der Waals surface area contributed by atoms with Crippen molar-refractivity contribution in [3.63, 3.8) is 0 Å². The van der Waals surface area contributed by atoms with Crippen LogP contribution in [-0.2, 0) is 6.54 Å². The highest BCUT2D eigenvalue weighted by atomic mass is 16.4. The zero-order valence-electron chi connectivity index (χ0n) is 16.3. The molecule has 1 saturated heterocycles. The summed E-state index contributed by atoms with van der Waals surface area (Å²) >= 11 is 0. The summed E-state index contributed by atoms with van der Waals surface area (Å²) in [4.78, 5) is 21.4. The van der Waals surface area contributed by atoms with Crippen molar-refractivity contribution in [2.75, 3.05) is 24.5 Å². The molecule has 1 aromatic heterocycles. The molecule has 5 nitrogen and oxygen atoms in total. The first-order valence-corrected chi connectivity index (χ1v) is 9.70. The van der Waals surface area contributed by atoms with Gasteiger partial charge in [-0.1, -0.05) is 48.5 Å². The van der Waals surface area contributed by atoms with Gasteiger partial charge in [0.2, 0.25) is 0 Å². The van der Waals surface area contributed by atoms with E-state index in [4.69, 9.17) is 4.98 Å². The summed E-state index contributed by atoms with van der Waals surface area (Å²) in [5.74, 6) is -0.319. The monoisotopic (exact) mass is 375 g/mol. The number of carbonyl (C=O) groups is 1. The average Bonchev–Trinajstić information content (AvgIpc) is 2.70. The van der Waals surface area contributed by atoms with E-state index in [1.807, 2.05) is 37.3 Å². The number of aromatic carboxylic acids is 1. The number of para-hydroxylation sites is 1. The van der Waals surface area contributed by atoms with Crippen LogP contribution in [0, 0.1) is 6.92 Å². The van der Waals surface area contributed by atoms with E-state index >= 15 is 0 Å². The minimum atomic E-state index is -0.912. The Bertz CT molecular complexity index is 1000. The van der Waals surface area contributed by atoms with E-state index in [1.54, 1.807) is 0 Å². The molecule has 144 valence electrons. The number of benzene rings is 2. The van der Waals surface area contributed by atoms with Gasteiger partial charge in [0.05, 0.1) is 5.52 Å². The molecule has 0 saturated carbocycles. The Labute approximate surface area is 165 Å². The van der Waals surface area contributed by atoms with Gasteiger partial charge in [-0.2, -0.15) is 0 Å². The third-order valence-electron chi connectivity index (χ3n) is 5.64. The Morgan fingerprint density at radius 3 is 2.54 bits per heavy atom. The number of piperazine rings is 1. The van der Waals surface area contributed by atoms with Crippen LogP contribution in [-0.4, -0.2) is 46.6 Å². The maximum Gasteiger partial charge on any atom is 0.339 e. The molecule has 2 heterocycles. The molecule has 2 aromatic carbocycles. The summed E-state index contributed by atoms with van der Waals surface area (Å²) in [5, 5.41) is 10.8. The Morgan fingerprint density at radius 2 is 1.82 bits per heavy atom. The number of pyridine rings is 1. The highest BCUT2D eigenvalue weighted by molar-refractivity contribution is 6.01. The van der Waals surface area contributed by atoms with E-state index in [-0.39, 0.29) is 0 Å². The van der Waals surface area contributed by atoms with Crippen LogP contribution in [0.15, 0.2) is 54.6 Å². The number of hydrogen-bond acceptors (Lipinski definition) is 4. The third kappa shape index (κ3) is 3.45. The zero-order chi connectivity index (χ0) is 19.7.